The van der Waals surface area contributed by atoms with Crippen LogP contribution in [0.15, 0.2) is 24.3 Å². The number of hydrogen-bond donors (Lipinski definition) is 0. The molecule has 4 heteroatoms. The average Bonchev–Trinajstić information content (AvgIpc) is 2.71. The molecule has 0 atom stereocenters. The minimum absolute atomic E-state index is 0.266. The smallest absolute Gasteiger partial charge is 0.311 e. The van der Waals surface area contributed by atoms with Crippen LogP contribution >= 0.6 is 0 Å². The van der Waals surface area contributed by atoms with Gasteiger partial charge in [0.25, 0.3) is 0 Å². The molecule has 0 aromatic heterocycles. The van der Waals surface area contributed by atoms with Crippen molar-refractivity contribution in [1.29, 1.82) is 0 Å². The lowest BCUT2D eigenvalue weighted by Gasteiger charge is -2.10. The Kier molecular flexibility index (Phi) is 14.8. The molecule has 0 radical (unpaired) electrons. The minimum Gasteiger partial charge on any atom is -0.423 e. The van der Waals surface area contributed by atoms with Gasteiger partial charge in [0.1, 0.15) is 0 Å². The first-order chi connectivity index (χ1) is 14.5. The van der Waals surface area contributed by atoms with E-state index >= 15 is 0 Å². The zero-order valence-corrected chi connectivity index (χ0v) is 19.4. The Balaban J connectivity index is 2.28. The van der Waals surface area contributed by atoms with E-state index in [-0.39, 0.29) is 11.9 Å². The molecule has 0 N–H and O–H groups in total. The van der Waals surface area contributed by atoms with Gasteiger partial charge in [-0.05, 0) is 30.9 Å². The fourth-order valence-electron chi connectivity index (χ4n) is 3.37. The normalized spacial score (nSPS) is 10.9. The lowest BCUT2D eigenvalue weighted by molar-refractivity contribution is -0.137. The van der Waals surface area contributed by atoms with E-state index in [2.05, 4.69) is 20.8 Å². The van der Waals surface area contributed by atoms with Crippen LogP contribution in [0, 0.1) is 5.92 Å². The molecule has 0 heterocycles. The molecule has 1 aromatic rings. The average molecular weight is 419 g/mol. The summed E-state index contributed by atoms with van der Waals surface area (Å²) in [6, 6.07) is 6.91. The second kappa shape index (κ2) is 16.9. The summed E-state index contributed by atoms with van der Waals surface area (Å²) >= 11 is 0. The van der Waals surface area contributed by atoms with Gasteiger partial charge in [-0.2, -0.15) is 0 Å². The Morgan fingerprint density at radius 2 is 1.13 bits per heavy atom. The summed E-state index contributed by atoms with van der Waals surface area (Å²) in [5, 5.41) is 0. The number of para-hydroxylation sites is 2. The number of hydrogen-bond acceptors (Lipinski definition) is 4. The Hall–Kier alpha value is -1.84. The van der Waals surface area contributed by atoms with E-state index in [0.717, 1.165) is 32.1 Å². The monoisotopic (exact) mass is 418 g/mol. The van der Waals surface area contributed by atoms with E-state index in [4.69, 9.17) is 9.47 Å². The molecule has 0 aliphatic carbocycles. The Bertz CT molecular complexity index is 594. The van der Waals surface area contributed by atoms with E-state index in [1.165, 1.54) is 44.9 Å². The molecule has 0 aliphatic rings. The molecule has 0 amide bonds. The van der Waals surface area contributed by atoms with Crippen molar-refractivity contribution in [3.05, 3.63) is 24.3 Å². The molecule has 0 spiro atoms. The van der Waals surface area contributed by atoms with Crippen molar-refractivity contribution >= 4 is 11.9 Å². The summed E-state index contributed by atoms with van der Waals surface area (Å²) in [5.74, 6) is 0.817. The van der Waals surface area contributed by atoms with Gasteiger partial charge in [-0.3, -0.25) is 9.59 Å². The first kappa shape index (κ1) is 26.2. The molecule has 0 saturated heterocycles. The first-order valence-corrected chi connectivity index (χ1v) is 12.0. The Morgan fingerprint density at radius 1 is 0.700 bits per heavy atom. The molecule has 0 saturated carbocycles. The molecule has 1 aromatic carbocycles. The highest BCUT2D eigenvalue weighted by molar-refractivity contribution is 5.76. The van der Waals surface area contributed by atoms with Crippen LogP contribution in [0.25, 0.3) is 0 Å². The van der Waals surface area contributed by atoms with Crippen molar-refractivity contribution in [3.63, 3.8) is 0 Å². The summed E-state index contributed by atoms with van der Waals surface area (Å²) in [6.45, 7) is 6.64. The van der Waals surface area contributed by atoms with Crippen molar-refractivity contribution in [2.75, 3.05) is 0 Å². The van der Waals surface area contributed by atoms with Crippen molar-refractivity contribution in [1.82, 2.24) is 0 Å². The highest BCUT2D eigenvalue weighted by atomic mass is 16.6. The van der Waals surface area contributed by atoms with Crippen molar-refractivity contribution in [2.45, 2.75) is 111 Å². The molecule has 30 heavy (non-hydrogen) atoms. The Morgan fingerprint density at radius 3 is 1.60 bits per heavy atom. The van der Waals surface area contributed by atoms with E-state index in [1.54, 1.807) is 24.3 Å². The number of rotatable bonds is 17. The van der Waals surface area contributed by atoms with E-state index in [1.807, 2.05) is 0 Å². The molecular weight excluding hydrogens is 376 g/mol. The number of unbranched alkanes of at least 4 members (excludes halogenated alkanes) is 9. The van der Waals surface area contributed by atoms with Crippen LogP contribution in [-0.4, -0.2) is 11.9 Å². The van der Waals surface area contributed by atoms with Crippen LogP contribution in [-0.2, 0) is 9.59 Å². The largest absolute Gasteiger partial charge is 0.423 e. The number of benzene rings is 1. The quantitative estimate of drug-likeness (QED) is 0.148. The number of carbonyl (C=O) groups is 2. The van der Waals surface area contributed by atoms with Gasteiger partial charge in [0.15, 0.2) is 11.5 Å². The molecule has 0 bridgehead atoms. The minimum atomic E-state index is -0.272. The second-order valence-corrected chi connectivity index (χ2v) is 8.61. The molecular formula is C26H42O4. The molecule has 1 rings (SSSR count). The lowest BCUT2D eigenvalue weighted by atomic mass is 10.0. The zero-order chi connectivity index (χ0) is 22.0. The summed E-state index contributed by atoms with van der Waals surface area (Å²) < 4.78 is 10.9. The van der Waals surface area contributed by atoms with E-state index < -0.39 is 0 Å². The van der Waals surface area contributed by atoms with Gasteiger partial charge in [-0.1, -0.05) is 97.1 Å². The first-order valence-electron chi connectivity index (χ1n) is 12.0. The maximum Gasteiger partial charge on any atom is 0.311 e. The molecule has 170 valence electrons. The van der Waals surface area contributed by atoms with Crippen LogP contribution in [0.2, 0.25) is 0 Å². The van der Waals surface area contributed by atoms with Gasteiger partial charge in [0, 0.05) is 12.8 Å². The topological polar surface area (TPSA) is 52.6 Å². The predicted octanol–water partition coefficient (Wildman–Crippen LogP) is 7.63. The van der Waals surface area contributed by atoms with Gasteiger partial charge >= 0.3 is 11.9 Å². The molecule has 0 unspecified atom stereocenters. The third-order valence-electron chi connectivity index (χ3n) is 5.19. The van der Waals surface area contributed by atoms with Crippen LogP contribution in [0.4, 0.5) is 0 Å². The standard InChI is InChI=1S/C26H42O4/c1-4-5-6-7-8-9-10-13-20-25(27)29-23-18-15-16-19-24(23)30-26(28)21-14-11-12-17-22(2)3/h15-16,18-19,22H,4-14,17,20-21H2,1-3H3. The second-order valence-electron chi connectivity index (χ2n) is 8.61. The molecule has 0 aliphatic heterocycles. The van der Waals surface area contributed by atoms with Gasteiger partial charge in [0.2, 0.25) is 0 Å². The van der Waals surface area contributed by atoms with E-state index in [9.17, 15) is 9.59 Å². The van der Waals surface area contributed by atoms with Gasteiger partial charge in [-0.15, -0.1) is 0 Å². The third kappa shape index (κ3) is 13.4. The number of esters is 2. The summed E-state index contributed by atoms with van der Waals surface area (Å²) in [7, 11) is 0. The summed E-state index contributed by atoms with van der Waals surface area (Å²) in [6.07, 6.45) is 14.4. The lowest BCUT2D eigenvalue weighted by Crippen LogP contribution is -2.12. The highest BCUT2D eigenvalue weighted by Crippen LogP contribution is 2.27. The summed E-state index contributed by atoms with van der Waals surface area (Å²) in [5.41, 5.74) is 0. The number of carbonyl (C=O) groups excluding carboxylic acids is 2. The molecule has 4 nitrogen and oxygen atoms in total. The number of ether oxygens (including phenoxy) is 2. The van der Waals surface area contributed by atoms with Crippen molar-refractivity contribution in [2.24, 2.45) is 5.92 Å². The maximum absolute atomic E-state index is 12.2. The summed E-state index contributed by atoms with van der Waals surface area (Å²) in [4.78, 5) is 24.3. The van der Waals surface area contributed by atoms with Crippen molar-refractivity contribution < 1.29 is 19.1 Å². The predicted molar refractivity (Wildman–Crippen MR) is 123 cm³/mol. The van der Waals surface area contributed by atoms with Gasteiger partial charge < -0.3 is 9.47 Å². The third-order valence-corrected chi connectivity index (χ3v) is 5.19. The maximum atomic E-state index is 12.2. The van der Waals surface area contributed by atoms with Crippen LogP contribution in [0.5, 0.6) is 11.5 Å². The van der Waals surface area contributed by atoms with Gasteiger partial charge in [0.05, 0.1) is 0 Å². The van der Waals surface area contributed by atoms with Crippen LogP contribution in [0.3, 0.4) is 0 Å². The highest BCUT2D eigenvalue weighted by Gasteiger charge is 2.13. The van der Waals surface area contributed by atoms with Crippen LogP contribution < -0.4 is 9.47 Å². The fraction of sp³-hybridized carbons (Fsp3) is 0.692. The van der Waals surface area contributed by atoms with Crippen molar-refractivity contribution in [3.8, 4) is 11.5 Å². The van der Waals surface area contributed by atoms with Gasteiger partial charge in [-0.25, -0.2) is 0 Å². The molecule has 0 fully saturated rings. The Labute approximate surface area is 183 Å². The van der Waals surface area contributed by atoms with Crippen LogP contribution in [0.1, 0.15) is 111 Å². The zero-order valence-electron chi connectivity index (χ0n) is 19.4. The SMILES string of the molecule is CCCCCCCCCCC(=O)Oc1ccccc1OC(=O)CCCCCC(C)C. The fourth-order valence-corrected chi connectivity index (χ4v) is 3.37. The van der Waals surface area contributed by atoms with E-state index in [0.29, 0.717) is 30.3 Å².